The number of nitrogens with one attached hydrogen (secondary N) is 1. The Morgan fingerprint density at radius 2 is 1.72 bits per heavy atom. The van der Waals surface area contributed by atoms with Crippen LogP contribution < -0.4 is 5.32 Å². The lowest BCUT2D eigenvalue weighted by molar-refractivity contribution is 0.480. The van der Waals surface area contributed by atoms with Gasteiger partial charge in [-0.05, 0) is 24.3 Å². The maximum atomic E-state index is 9.67. The van der Waals surface area contributed by atoms with Crippen LogP contribution in [0.5, 0.6) is 5.75 Å². The smallest absolute Gasteiger partial charge is 0.141 e. The van der Waals surface area contributed by atoms with Crippen LogP contribution in [0.2, 0.25) is 0 Å². The van der Waals surface area contributed by atoms with Crippen molar-refractivity contribution >= 4 is 22.3 Å². The zero-order valence-corrected chi connectivity index (χ0v) is 9.67. The van der Waals surface area contributed by atoms with Gasteiger partial charge in [-0.3, -0.25) is 4.98 Å². The molecule has 0 saturated carbocycles. The van der Waals surface area contributed by atoms with Gasteiger partial charge in [-0.25, -0.2) is 0 Å². The summed E-state index contributed by atoms with van der Waals surface area (Å²) >= 11 is 0. The molecule has 88 valence electrons. The predicted octanol–water partition coefficient (Wildman–Crippen LogP) is 3.68. The Labute approximate surface area is 105 Å². The zero-order valence-electron chi connectivity index (χ0n) is 9.67. The van der Waals surface area contributed by atoms with Gasteiger partial charge in [-0.2, -0.15) is 0 Å². The van der Waals surface area contributed by atoms with Crippen molar-refractivity contribution in [1.82, 2.24) is 4.98 Å². The van der Waals surface area contributed by atoms with E-state index in [1.54, 1.807) is 12.3 Å². The van der Waals surface area contributed by atoms with Crippen LogP contribution in [-0.4, -0.2) is 10.1 Å². The zero-order chi connectivity index (χ0) is 12.4. The monoisotopic (exact) mass is 236 g/mol. The molecular weight excluding hydrogens is 224 g/mol. The lowest BCUT2D eigenvalue weighted by Crippen LogP contribution is -1.91. The van der Waals surface area contributed by atoms with E-state index < -0.39 is 0 Å². The van der Waals surface area contributed by atoms with Crippen molar-refractivity contribution in [3.63, 3.8) is 0 Å². The van der Waals surface area contributed by atoms with Crippen LogP contribution in [0.1, 0.15) is 0 Å². The maximum absolute atomic E-state index is 9.67. The molecule has 1 aromatic heterocycles. The molecule has 3 rings (SSSR count). The molecule has 0 aliphatic carbocycles. The molecule has 0 atom stereocenters. The Morgan fingerprint density at radius 1 is 0.889 bits per heavy atom. The summed E-state index contributed by atoms with van der Waals surface area (Å²) in [4.78, 5) is 4.26. The van der Waals surface area contributed by atoms with Crippen molar-refractivity contribution in [3.05, 3.63) is 60.8 Å². The van der Waals surface area contributed by atoms with E-state index in [4.69, 9.17) is 0 Å². The van der Waals surface area contributed by atoms with Crippen LogP contribution in [0.3, 0.4) is 0 Å². The van der Waals surface area contributed by atoms with Gasteiger partial charge in [0.25, 0.3) is 0 Å². The Hall–Kier alpha value is -2.55. The van der Waals surface area contributed by atoms with Crippen LogP contribution in [0.25, 0.3) is 10.9 Å². The number of hydrogen-bond acceptors (Lipinski definition) is 3. The quantitative estimate of drug-likeness (QED) is 0.713. The third kappa shape index (κ3) is 1.98. The molecule has 2 N–H and O–H groups in total. The third-order valence-corrected chi connectivity index (χ3v) is 2.75. The van der Waals surface area contributed by atoms with Gasteiger partial charge in [-0.15, -0.1) is 0 Å². The first kappa shape index (κ1) is 10.6. The van der Waals surface area contributed by atoms with E-state index in [0.29, 0.717) is 5.52 Å². The highest BCUT2D eigenvalue weighted by Crippen LogP contribution is 2.25. The summed E-state index contributed by atoms with van der Waals surface area (Å²) in [6.07, 6.45) is 1.72. The average Bonchev–Trinajstić information content (AvgIpc) is 2.40. The maximum Gasteiger partial charge on any atom is 0.141 e. The minimum absolute atomic E-state index is 0.207. The lowest BCUT2D eigenvalue weighted by Gasteiger charge is -2.07. The Bertz CT molecular complexity index is 680. The first-order chi connectivity index (χ1) is 8.83. The van der Waals surface area contributed by atoms with Crippen LogP contribution in [0, 0.1) is 0 Å². The van der Waals surface area contributed by atoms with E-state index in [1.165, 1.54) is 0 Å². The number of nitrogens with zero attached hydrogens (tertiary/aromatic N) is 1. The van der Waals surface area contributed by atoms with Gasteiger partial charge in [0.05, 0.1) is 11.9 Å². The molecule has 2 aromatic carbocycles. The summed E-state index contributed by atoms with van der Waals surface area (Å²) in [6, 6.07) is 17.3. The molecule has 18 heavy (non-hydrogen) atoms. The molecule has 0 unspecified atom stereocenters. The third-order valence-electron chi connectivity index (χ3n) is 2.75. The van der Waals surface area contributed by atoms with Gasteiger partial charge in [-0.1, -0.05) is 30.3 Å². The van der Waals surface area contributed by atoms with Crippen LogP contribution >= 0.6 is 0 Å². The molecule has 0 radical (unpaired) electrons. The second-order valence-electron chi connectivity index (χ2n) is 4.06. The van der Waals surface area contributed by atoms with E-state index in [0.717, 1.165) is 16.8 Å². The largest absolute Gasteiger partial charge is 0.506 e. The fourth-order valence-electron chi connectivity index (χ4n) is 1.90. The van der Waals surface area contributed by atoms with Crippen LogP contribution in [0.15, 0.2) is 60.8 Å². The molecule has 0 spiro atoms. The lowest BCUT2D eigenvalue weighted by atomic mass is 10.2. The number of pyridine rings is 1. The molecule has 0 bridgehead atoms. The summed E-state index contributed by atoms with van der Waals surface area (Å²) in [5.74, 6) is 0.207. The Kier molecular flexibility index (Phi) is 2.57. The molecule has 0 fully saturated rings. The number of phenolic OH excluding ortho intramolecular Hbond substituents is 1. The first-order valence-corrected chi connectivity index (χ1v) is 5.73. The number of aromatic nitrogens is 1. The molecule has 3 nitrogen and oxygen atoms in total. The number of hydrogen-bond donors (Lipinski definition) is 2. The number of fused-ring (bicyclic) bond motifs is 1. The van der Waals surface area contributed by atoms with Gasteiger partial charge in [0.15, 0.2) is 0 Å². The second-order valence-corrected chi connectivity index (χ2v) is 4.06. The summed E-state index contributed by atoms with van der Waals surface area (Å²) in [7, 11) is 0. The standard InChI is InChI=1S/C15H12N2O/c18-14-8-4-5-11-9-13(10-16-15(11)14)17-12-6-2-1-3-7-12/h1-10,17-18H. The molecular formula is C15H12N2O. The van der Waals surface area contributed by atoms with Gasteiger partial charge in [0.1, 0.15) is 11.3 Å². The number of aromatic hydroxyl groups is 1. The van der Waals surface area contributed by atoms with Crippen molar-refractivity contribution in [2.75, 3.05) is 5.32 Å². The van der Waals surface area contributed by atoms with E-state index in [2.05, 4.69) is 10.3 Å². The van der Waals surface area contributed by atoms with E-state index in [-0.39, 0.29) is 5.75 Å². The highest BCUT2D eigenvalue weighted by molar-refractivity contribution is 5.87. The number of anilines is 2. The van der Waals surface area contributed by atoms with Gasteiger partial charge in [0, 0.05) is 11.1 Å². The minimum atomic E-state index is 0.207. The van der Waals surface area contributed by atoms with Gasteiger partial charge in [0.2, 0.25) is 0 Å². The first-order valence-electron chi connectivity index (χ1n) is 5.73. The Balaban J connectivity index is 1.99. The van der Waals surface area contributed by atoms with E-state index >= 15 is 0 Å². The molecule has 1 heterocycles. The normalized spacial score (nSPS) is 10.4. The molecule has 3 heteroatoms. The summed E-state index contributed by atoms with van der Waals surface area (Å²) < 4.78 is 0. The molecule has 0 amide bonds. The van der Waals surface area contributed by atoms with Crippen molar-refractivity contribution < 1.29 is 5.11 Å². The van der Waals surface area contributed by atoms with Crippen molar-refractivity contribution in [1.29, 1.82) is 0 Å². The summed E-state index contributed by atoms with van der Waals surface area (Å²) in [5, 5.41) is 13.9. The van der Waals surface area contributed by atoms with Gasteiger partial charge < -0.3 is 10.4 Å². The highest BCUT2D eigenvalue weighted by Gasteiger charge is 2.02. The van der Waals surface area contributed by atoms with Crippen LogP contribution in [-0.2, 0) is 0 Å². The number of phenols is 1. The number of benzene rings is 2. The fraction of sp³-hybridized carbons (Fsp3) is 0. The van der Waals surface area contributed by atoms with Crippen molar-refractivity contribution in [2.45, 2.75) is 0 Å². The SMILES string of the molecule is Oc1cccc2cc(Nc3ccccc3)cnc12. The molecule has 0 aliphatic heterocycles. The molecule has 3 aromatic rings. The summed E-state index contributed by atoms with van der Waals surface area (Å²) in [5.41, 5.74) is 2.54. The summed E-state index contributed by atoms with van der Waals surface area (Å²) in [6.45, 7) is 0. The predicted molar refractivity (Wildman–Crippen MR) is 73.1 cm³/mol. The van der Waals surface area contributed by atoms with E-state index in [1.807, 2.05) is 48.5 Å². The van der Waals surface area contributed by atoms with Crippen molar-refractivity contribution in [2.24, 2.45) is 0 Å². The molecule has 0 saturated heterocycles. The van der Waals surface area contributed by atoms with Crippen LogP contribution in [0.4, 0.5) is 11.4 Å². The minimum Gasteiger partial charge on any atom is -0.506 e. The molecule has 0 aliphatic rings. The second kappa shape index (κ2) is 4.37. The number of rotatable bonds is 2. The fourth-order valence-corrected chi connectivity index (χ4v) is 1.90. The number of para-hydroxylation sites is 2. The topological polar surface area (TPSA) is 45.1 Å². The van der Waals surface area contributed by atoms with Crippen molar-refractivity contribution in [3.8, 4) is 5.75 Å². The highest BCUT2D eigenvalue weighted by atomic mass is 16.3. The van der Waals surface area contributed by atoms with Gasteiger partial charge >= 0.3 is 0 Å². The Morgan fingerprint density at radius 3 is 2.56 bits per heavy atom. The average molecular weight is 236 g/mol. The van der Waals surface area contributed by atoms with E-state index in [9.17, 15) is 5.11 Å².